The summed E-state index contributed by atoms with van der Waals surface area (Å²) < 4.78 is 0. The van der Waals surface area contributed by atoms with E-state index in [1.54, 1.807) is 18.2 Å². The third-order valence-corrected chi connectivity index (χ3v) is 3.51. The van der Waals surface area contributed by atoms with Crippen LogP contribution >= 0.6 is 11.6 Å². The first-order valence-corrected chi connectivity index (χ1v) is 7.22. The minimum atomic E-state index is -0.621. The lowest BCUT2D eigenvalue weighted by molar-refractivity contribution is -0.384. The number of carbonyl (C=O) groups is 1. The zero-order chi connectivity index (χ0) is 17.7. The molecule has 2 aromatic carbocycles. The van der Waals surface area contributed by atoms with E-state index >= 15 is 0 Å². The zero-order valence-corrected chi connectivity index (χ0v) is 13.4. The van der Waals surface area contributed by atoms with Gasteiger partial charge < -0.3 is 5.32 Å². The van der Waals surface area contributed by atoms with Gasteiger partial charge in [0, 0.05) is 28.4 Å². The topological polar surface area (TPSA) is 96.0 Å². The average molecular weight is 342 g/mol. The van der Waals surface area contributed by atoms with Crippen LogP contribution in [0.4, 0.5) is 11.4 Å². The fourth-order valence-corrected chi connectivity index (χ4v) is 2.07. The molecule has 0 aliphatic rings. The second-order valence-corrected chi connectivity index (χ2v) is 5.36. The number of anilines is 1. The molecule has 0 unspecified atom stereocenters. The highest BCUT2D eigenvalue weighted by molar-refractivity contribution is 6.32. The molecule has 0 atom stereocenters. The summed E-state index contributed by atoms with van der Waals surface area (Å²) in [5.41, 5.74) is 1.41. The molecular formula is C17H12ClN3O3. The van der Waals surface area contributed by atoms with E-state index < -0.39 is 10.8 Å². The lowest BCUT2D eigenvalue weighted by Crippen LogP contribution is -2.13. The predicted octanol–water partition coefficient (Wildman–Crippen LogP) is 4.10. The Balaban J connectivity index is 2.30. The van der Waals surface area contributed by atoms with E-state index in [0.29, 0.717) is 5.69 Å². The predicted molar refractivity (Wildman–Crippen MR) is 91.5 cm³/mol. The fraction of sp³-hybridized carbons (Fsp3) is 0.0588. The molecule has 2 rings (SSSR count). The molecule has 6 nitrogen and oxygen atoms in total. The first-order chi connectivity index (χ1) is 11.4. The van der Waals surface area contributed by atoms with Crippen molar-refractivity contribution in [3.63, 3.8) is 0 Å². The molecule has 0 spiro atoms. The monoisotopic (exact) mass is 341 g/mol. The van der Waals surface area contributed by atoms with E-state index in [4.69, 9.17) is 11.6 Å². The van der Waals surface area contributed by atoms with Gasteiger partial charge in [-0.05, 0) is 31.2 Å². The number of aryl methyl sites for hydroxylation is 1. The molecule has 0 bridgehead atoms. The van der Waals surface area contributed by atoms with Gasteiger partial charge in [0.05, 0.1) is 4.92 Å². The molecule has 0 saturated heterocycles. The second kappa shape index (κ2) is 7.40. The summed E-state index contributed by atoms with van der Waals surface area (Å²) in [5, 5.41) is 22.8. The summed E-state index contributed by atoms with van der Waals surface area (Å²) in [6.07, 6.45) is 1.22. The molecule has 120 valence electrons. The van der Waals surface area contributed by atoms with Crippen LogP contribution in [0, 0.1) is 28.4 Å². The quantitative estimate of drug-likeness (QED) is 0.392. The fourth-order valence-electron chi connectivity index (χ4n) is 1.89. The number of nitriles is 1. The van der Waals surface area contributed by atoms with Gasteiger partial charge in [0.2, 0.25) is 0 Å². The third-order valence-electron chi connectivity index (χ3n) is 3.16. The Hall–Kier alpha value is -3.17. The summed E-state index contributed by atoms with van der Waals surface area (Å²) in [7, 11) is 0. The number of nitro benzene ring substituents is 1. The number of non-ortho nitro benzene ring substituents is 1. The van der Waals surface area contributed by atoms with E-state index in [2.05, 4.69) is 5.32 Å². The maximum atomic E-state index is 12.2. The molecular weight excluding hydrogens is 330 g/mol. The summed E-state index contributed by atoms with van der Waals surface area (Å²) in [5.74, 6) is -0.621. The second-order valence-electron chi connectivity index (χ2n) is 4.95. The molecule has 0 fully saturated rings. The lowest BCUT2D eigenvalue weighted by atomic mass is 10.1. The van der Waals surface area contributed by atoms with Gasteiger partial charge in [-0.15, -0.1) is 0 Å². The van der Waals surface area contributed by atoms with Crippen molar-refractivity contribution in [2.24, 2.45) is 0 Å². The van der Waals surface area contributed by atoms with Crippen molar-refractivity contribution in [2.45, 2.75) is 6.92 Å². The Kier molecular flexibility index (Phi) is 5.30. The Morgan fingerprint density at radius 2 is 1.96 bits per heavy atom. The summed E-state index contributed by atoms with van der Waals surface area (Å²) >= 11 is 5.98. The van der Waals surface area contributed by atoms with Gasteiger partial charge in [-0.25, -0.2) is 0 Å². The molecule has 0 aromatic heterocycles. The van der Waals surface area contributed by atoms with E-state index in [9.17, 15) is 20.2 Å². The van der Waals surface area contributed by atoms with Crippen LogP contribution in [0.25, 0.3) is 6.08 Å². The van der Waals surface area contributed by atoms with Gasteiger partial charge in [0.1, 0.15) is 11.6 Å². The van der Waals surface area contributed by atoms with Crippen LogP contribution in [0.15, 0.2) is 48.0 Å². The molecule has 0 heterocycles. The minimum Gasteiger partial charge on any atom is -0.321 e. The van der Waals surface area contributed by atoms with Gasteiger partial charge >= 0.3 is 0 Å². The van der Waals surface area contributed by atoms with E-state index in [-0.39, 0.29) is 21.8 Å². The van der Waals surface area contributed by atoms with Crippen LogP contribution in [-0.4, -0.2) is 10.8 Å². The lowest BCUT2D eigenvalue weighted by Gasteiger charge is -2.05. The van der Waals surface area contributed by atoms with Gasteiger partial charge in [-0.2, -0.15) is 5.26 Å². The SMILES string of the molecule is Cc1ccc(NC(=O)/C(C#N)=C\c2cc([N+](=O)[O-])ccc2Cl)cc1. The number of benzene rings is 2. The summed E-state index contributed by atoms with van der Waals surface area (Å²) in [6, 6.07) is 12.6. The van der Waals surface area contributed by atoms with Crippen molar-refractivity contribution in [1.82, 2.24) is 0 Å². The number of hydrogen-bond donors (Lipinski definition) is 1. The Morgan fingerprint density at radius 1 is 1.29 bits per heavy atom. The van der Waals surface area contributed by atoms with Crippen molar-refractivity contribution in [3.8, 4) is 6.07 Å². The van der Waals surface area contributed by atoms with Gasteiger partial charge in [-0.1, -0.05) is 29.3 Å². The van der Waals surface area contributed by atoms with Gasteiger partial charge in [0.25, 0.3) is 11.6 Å². The van der Waals surface area contributed by atoms with E-state index in [1.165, 1.54) is 24.3 Å². The molecule has 24 heavy (non-hydrogen) atoms. The van der Waals surface area contributed by atoms with Crippen LogP contribution in [0.1, 0.15) is 11.1 Å². The van der Waals surface area contributed by atoms with E-state index in [1.807, 2.05) is 19.1 Å². The molecule has 1 N–H and O–H groups in total. The summed E-state index contributed by atoms with van der Waals surface area (Å²) in [6.45, 7) is 1.91. The maximum absolute atomic E-state index is 12.2. The zero-order valence-electron chi connectivity index (χ0n) is 12.6. The highest BCUT2D eigenvalue weighted by Crippen LogP contribution is 2.24. The number of nitrogens with zero attached hydrogens (tertiary/aromatic N) is 2. The number of carbonyl (C=O) groups excluding carboxylic acids is 1. The van der Waals surface area contributed by atoms with Crippen LogP contribution in [0.5, 0.6) is 0 Å². The van der Waals surface area contributed by atoms with Crippen molar-refractivity contribution < 1.29 is 9.72 Å². The molecule has 0 aliphatic carbocycles. The largest absolute Gasteiger partial charge is 0.321 e. The maximum Gasteiger partial charge on any atom is 0.270 e. The highest BCUT2D eigenvalue weighted by Gasteiger charge is 2.13. The number of amides is 1. The summed E-state index contributed by atoms with van der Waals surface area (Å²) in [4.78, 5) is 22.4. The van der Waals surface area contributed by atoms with Crippen molar-refractivity contribution in [3.05, 3.63) is 74.3 Å². The average Bonchev–Trinajstić information content (AvgIpc) is 2.55. The third kappa shape index (κ3) is 4.18. The van der Waals surface area contributed by atoms with Crippen LogP contribution in [0.3, 0.4) is 0 Å². The number of rotatable bonds is 4. The Morgan fingerprint density at radius 3 is 2.54 bits per heavy atom. The molecule has 7 heteroatoms. The van der Waals surface area contributed by atoms with E-state index in [0.717, 1.165) is 5.56 Å². The highest BCUT2D eigenvalue weighted by atomic mass is 35.5. The van der Waals surface area contributed by atoms with Crippen LogP contribution in [-0.2, 0) is 4.79 Å². The number of nitrogens with one attached hydrogen (secondary N) is 1. The van der Waals surface area contributed by atoms with Crippen LogP contribution in [0.2, 0.25) is 5.02 Å². The standard InChI is InChI=1S/C17H12ClN3O3/c1-11-2-4-14(5-3-11)20-17(22)13(10-19)8-12-9-15(21(23)24)6-7-16(12)18/h2-9H,1H3,(H,20,22)/b13-8-. The Bertz CT molecular complexity index is 868. The molecule has 0 aliphatic heterocycles. The van der Waals surface area contributed by atoms with Crippen molar-refractivity contribution in [2.75, 3.05) is 5.32 Å². The Labute approximate surface area is 143 Å². The van der Waals surface area contributed by atoms with Gasteiger partial charge in [-0.3, -0.25) is 14.9 Å². The van der Waals surface area contributed by atoms with Crippen molar-refractivity contribution >= 4 is 35.0 Å². The molecule has 2 aromatic rings. The minimum absolute atomic E-state index is 0.179. The number of hydrogen-bond acceptors (Lipinski definition) is 4. The number of nitro groups is 1. The first kappa shape index (κ1) is 17.2. The van der Waals surface area contributed by atoms with Crippen molar-refractivity contribution in [1.29, 1.82) is 5.26 Å². The normalized spacial score (nSPS) is 10.8. The first-order valence-electron chi connectivity index (χ1n) is 6.84. The number of halogens is 1. The molecule has 0 radical (unpaired) electrons. The smallest absolute Gasteiger partial charge is 0.270 e. The van der Waals surface area contributed by atoms with Gasteiger partial charge in [0.15, 0.2) is 0 Å². The molecule has 0 saturated carbocycles. The molecule has 1 amide bonds. The van der Waals surface area contributed by atoms with Crippen LogP contribution < -0.4 is 5.32 Å².